The molecule has 2 fully saturated rings. The summed E-state index contributed by atoms with van der Waals surface area (Å²) in [5.74, 6) is 1.72. The summed E-state index contributed by atoms with van der Waals surface area (Å²) in [6.07, 6.45) is 1.78. The van der Waals surface area contributed by atoms with E-state index < -0.39 is 5.60 Å². The van der Waals surface area contributed by atoms with E-state index in [0.29, 0.717) is 10.8 Å². The van der Waals surface area contributed by atoms with Crippen LogP contribution < -0.4 is 4.74 Å². The number of amides is 1. The van der Waals surface area contributed by atoms with Gasteiger partial charge in [0.25, 0.3) is 5.91 Å². The Morgan fingerprint density at radius 1 is 1.30 bits per heavy atom. The molecule has 1 aromatic rings. The summed E-state index contributed by atoms with van der Waals surface area (Å²) in [7, 11) is 0. The summed E-state index contributed by atoms with van der Waals surface area (Å²) in [4.78, 5) is 14.7. The molecule has 0 radical (unpaired) electrons. The molecule has 4 nitrogen and oxygen atoms in total. The van der Waals surface area contributed by atoms with Crippen molar-refractivity contribution in [1.82, 2.24) is 4.90 Å². The maximum absolute atomic E-state index is 12.8. The fourth-order valence-electron chi connectivity index (χ4n) is 3.06. The third-order valence-electron chi connectivity index (χ3n) is 4.33. The minimum Gasteiger partial charge on any atom is -0.478 e. The molecule has 0 aromatic heterocycles. The van der Waals surface area contributed by atoms with Crippen LogP contribution in [0.4, 0.5) is 0 Å². The summed E-state index contributed by atoms with van der Waals surface area (Å²) in [5, 5.41) is 0.650. The highest BCUT2D eigenvalue weighted by atomic mass is 35.5. The summed E-state index contributed by atoms with van der Waals surface area (Å²) in [6, 6.07) is 7.09. The molecule has 2 aliphatic rings. The SMILES string of the molecule is CC(C)(Oc1ccc(Cl)cc1)C(=O)N1CCC2(CC1)OCCS2. The van der Waals surface area contributed by atoms with Crippen molar-refractivity contribution >= 4 is 29.3 Å². The van der Waals surface area contributed by atoms with E-state index in [4.69, 9.17) is 21.1 Å². The van der Waals surface area contributed by atoms with Crippen LogP contribution in [0.5, 0.6) is 5.75 Å². The number of carbonyl (C=O) groups is 1. The van der Waals surface area contributed by atoms with Crippen LogP contribution in [0.25, 0.3) is 0 Å². The molecule has 23 heavy (non-hydrogen) atoms. The fraction of sp³-hybridized carbons (Fsp3) is 0.588. The lowest BCUT2D eigenvalue weighted by Crippen LogP contribution is -2.53. The Bertz CT molecular complexity index is 560. The lowest BCUT2D eigenvalue weighted by Gasteiger charge is -2.40. The molecule has 0 atom stereocenters. The van der Waals surface area contributed by atoms with Crippen LogP contribution in [-0.2, 0) is 9.53 Å². The second-order valence-electron chi connectivity index (χ2n) is 6.47. The largest absolute Gasteiger partial charge is 0.478 e. The van der Waals surface area contributed by atoms with E-state index in [1.54, 1.807) is 24.3 Å². The van der Waals surface area contributed by atoms with Gasteiger partial charge < -0.3 is 14.4 Å². The molecule has 1 amide bonds. The van der Waals surface area contributed by atoms with E-state index in [0.717, 1.165) is 38.3 Å². The Hall–Kier alpha value is -0.910. The zero-order valence-electron chi connectivity index (χ0n) is 13.5. The van der Waals surface area contributed by atoms with Crippen LogP contribution in [0.15, 0.2) is 24.3 Å². The van der Waals surface area contributed by atoms with Crippen LogP contribution in [0, 0.1) is 0 Å². The monoisotopic (exact) mass is 355 g/mol. The molecule has 0 N–H and O–H groups in total. The molecule has 1 spiro atoms. The standard InChI is InChI=1S/C17H22ClNO3S/c1-16(2,22-14-5-3-13(18)4-6-14)15(20)19-9-7-17(8-10-19)21-11-12-23-17/h3-6H,7-12H2,1-2H3. The maximum Gasteiger partial charge on any atom is 0.266 e. The molecule has 0 unspecified atom stereocenters. The minimum atomic E-state index is -0.901. The maximum atomic E-state index is 12.8. The van der Waals surface area contributed by atoms with Crippen molar-refractivity contribution in [2.45, 2.75) is 37.2 Å². The van der Waals surface area contributed by atoms with Crippen molar-refractivity contribution in [2.24, 2.45) is 0 Å². The number of rotatable bonds is 3. The summed E-state index contributed by atoms with van der Waals surface area (Å²) in [5.41, 5.74) is -0.901. The highest BCUT2D eigenvalue weighted by molar-refractivity contribution is 8.00. The van der Waals surface area contributed by atoms with Crippen LogP contribution >= 0.6 is 23.4 Å². The van der Waals surface area contributed by atoms with Gasteiger partial charge in [-0.05, 0) is 38.1 Å². The molecular weight excluding hydrogens is 334 g/mol. The van der Waals surface area contributed by atoms with Gasteiger partial charge >= 0.3 is 0 Å². The van der Waals surface area contributed by atoms with Gasteiger partial charge in [0, 0.05) is 36.7 Å². The number of likely N-dealkylation sites (tertiary alicyclic amines) is 1. The lowest BCUT2D eigenvalue weighted by atomic mass is 10.0. The van der Waals surface area contributed by atoms with Crippen molar-refractivity contribution in [2.75, 3.05) is 25.4 Å². The van der Waals surface area contributed by atoms with Gasteiger partial charge in [-0.1, -0.05) is 11.6 Å². The van der Waals surface area contributed by atoms with E-state index in [-0.39, 0.29) is 10.8 Å². The van der Waals surface area contributed by atoms with Gasteiger partial charge in [-0.15, -0.1) is 11.8 Å². The van der Waals surface area contributed by atoms with E-state index in [9.17, 15) is 4.79 Å². The molecular formula is C17H22ClNO3S. The number of benzene rings is 1. The first-order chi connectivity index (χ1) is 10.9. The first-order valence-corrected chi connectivity index (χ1v) is 9.29. The molecule has 3 rings (SSSR count). The van der Waals surface area contributed by atoms with Crippen LogP contribution in [0.1, 0.15) is 26.7 Å². The van der Waals surface area contributed by atoms with Gasteiger partial charge in [0.1, 0.15) is 10.7 Å². The van der Waals surface area contributed by atoms with Crippen molar-refractivity contribution in [3.05, 3.63) is 29.3 Å². The summed E-state index contributed by atoms with van der Waals surface area (Å²) in [6.45, 7) is 5.90. The fourth-order valence-corrected chi connectivity index (χ4v) is 4.36. The van der Waals surface area contributed by atoms with Crippen molar-refractivity contribution < 1.29 is 14.3 Å². The number of hydrogen-bond acceptors (Lipinski definition) is 4. The van der Waals surface area contributed by atoms with E-state index >= 15 is 0 Å². The molecule has 0 bridgehead atoms. The van der Waals surface area contributed by atoms with Gasteiger partial charge in [-0.3, -0.25) is 4.79 Å². The Morgan fingerprint density at radius 2 is 1.96 bits per heavy atom. The Morgan fingerprint density at radius 3 is 2.52 bits per heavy atom. The Labute approximate surface area is 146 Å². The first-order valence-electron chi connectivity index (χ1n) is 7.92. The zero-order valence-corrected chi connectivity index (χ0v) is 15.1. The molecule has 2 saturated heterocycles. The molecule has 6 heteroatoms. The molecule has 0 aliphatic carbocycles. The third kappa shape index (κ3) is 3.78. The van der Waals surface area contributed by atoms with E-state index in [1.165, 1.54) is 0 Å². The van der Waals surface area contributed by atoms with Crippen molar-refractivity contribution in [3.8, 4) is 5.75 Å². The van der Waals surface area contributed by atoms with Gasteiger partial charge in [-0.2, -0.15) is 0 Å². The predicted octanol–water partition coefficient (Wildman–Crippen LogP) is 3.58. The van der Waals surface area contributed by atoms with Gasteiger partial charge in [0.15, 0.2) is 5.60 Å². The smallest absolute Gasteiger partial charge is 0.266 e. The number of halogens is 1. The van der Waals surface area contributed by atoms with Crippen LogP contribution in [0.2, 0.25) is 5.02 Å². The quantitative estimate of drug-likeness (QED) is 0.830. The number of piperidine rings is 1. The number of nitrogens with zero attached hydrogens (tertiary/aromatic N) is 1. The zero-order chi connectivity index (χ0) is 16.5. The van der Waals surface area contributed by atoms with Gasteiger partial charge in [0.05, 0.1) is 6.61 Å². The second-order valence-corrected chi connectivity index (χ2v) is 8.34. The van der Waals surface area contributed by atoms with Crippen LogP contribution in [-0.4, -0.2) is 46.8 Å². The van der Waals surface area contributed by atoms with Crippen LogP contribution in [0.3, 0.4) is 0 Å². The normalized spacial score (nSPS) is 20.7. The minimum absolute atomic E-state index is 0.0188. The summed E-state index contributed by atoms with van der Waals surface area (Å²) >= 11 is 7.77. The van der Waals surface area contributed by atoms with Crippen molar-refractivity contribution in [3.63, 3.8) is 0 Å². The summed E-state index contributed by atoms with van der Waals surface area (Å²) < 4.78 is 11.8. The molecule has 2 heterocycles. The van der Waals surface area contributed by atoms with Gasteiger partial charge in [-0.25, -0.2) is 0 Å². The number of ether oxygens (including phenoxy) is 2. The molecule has 0 saturated carbocycles. The second kappa shape index (κ2) is 6.54. The highest BCUT2D eigenvalue weighted by Gasteiger charge is 2.43. The topological polar surface area (TPSA) is 38.8 Å². The average molecular weight is 356 g/mol. The molecule has 2 aliphatic heterocycles. The first kappa shape index (κ1) is 16.9. The average Bonchev–Trinajstić information content (AvgIpc) is 2.98. The molecule has 126 valence electrons. The van der Waals surface area contributed by atoms with E-state index in [2.05, 4.69) is 0 Å². The predicted molar refractivity (Wildman–Crippen MR) is 93.1 cm³/mol. The lowest BCUT2D eigenvalue weighted by molar-refractivity contribution is -0.148. The number of carbonyl (C=O) groups excluding carboxylic acids is 1. The number of hydrogen-bond donors (Lipinski definition) is 0. The van der Waals surface area contributed by atoms with E-state index in [1.807, 2.05) is 30.5 Å². The third-order valence-corrected chi connectivity index (χ3v) is 6.00. The van der Waals surface area contributed by atoms with Crippen molar-refractivity contribution in [1.29, 1.82) is 0 Å². The Balaban J connectivity index is 1.61. The number of thioether (sulfide) groups is 1. The van der Waals surface area contributed by atoms with Gasteiger partial charge in [0.2, 0.25) is 0 Å². The Kier molecular flexibility index (Phi) is 4.81. The highest BCUT2D eigenvalue weighted by Crippen LogP contribution is 2.41. The molecule has 1 aromatic carbocycles.